The minimum atomic E-state index is -0.366. The molecule has 6 nitrogen and oxygen atoms in total. The Morgan fingerprint density at radius 2 is 1.96 bits per heavy atom. The van der Waals surface area contributed by atoms with Gasteiger partial charge in [0.1, 0.15) is 18.1 Å². The molecule has 0 fully saturated rings. The number of hydrogen-bond acceptors (Lipinski definition) is 4. The molecule has 1 heterocycles. The average Bonchev–Trinajstić information content (AvgIpc) is 3.14. The molecule has 0 saturated heterocycles. The lowest BCUT2D eigenvalue weighted by Crippen LogP contribution is -2.38. The second-order valence-electron chi connectivity index (χ2n) is 6.66. The van der Waals surface area contributed by atoms with Crippen LogP contribution in [-0.4, -0.2) is 48.1 Å². The molecule has 2 aromatic rings. The Labute approximate surface area is 163 Å². The summed E-state index contributed by atoms with van der Waals surface area (Å²) in [7, 11) is 3.15. The number of methoxy groups -OCH3 is 1. The number of hydrazone groups is 1. The molecule has 0 bridgehead atoms. The third-order valence-electron chi connectivity index (χ3n) is 4.73. The minimum absolute atomic E-state index is 0.0814. The standard InChI is InChI=1S/C21H22FN3O3/c1-14(26)24(2)13-21(27)25-20(15-7-9-17(22)10-8-15)12-19(23-25)16-5-4-6-18(11-16)28-3/h4-11,20H,12-13H2,1-3H3. The third-order valence-corrected chi connectivity index (χ3v) is 4.73. The van der Waals surface area contributed by atoms with Gasteiger partial charge in [0, 0.05) is 26.0 Å². The lowest BCUT2D eigenvalue weighted by molar-refractivity contribution is -0.139. The first-order chi connectivity index (χ1) is 13.4. The Balaban J connectivity index is 1.93. The van der Waals surface area contributed by atoms with Gasteiger partial charge in [-0.2, -0.15) is 5.10 Å². The van der Waals surface area contributed by atoms with Gasteiger partial charge in [-0.25, -0.2) is 9.40 Å². The molecule has 3 rings (SSSR count). The van der Waals surface area contributed by atoms with Crippen molar-refractivity contribution in [2.75, 3.05) is 20.7 Å². The number of nitrogens with zero attached hydrogens (tertiary/aromatic N) is 3. The number of carbonyl (C=O) groups is 2. The number of halogens is 1. The summed E-state index contributed by atoms with van der Waals surface area (Å²) in [6.45, 7) is 1.32. The molecular weight excluding hydrogens is 361 g/mol. The van der Waals surface area contributed by atoms with Gasteiger partial charge in [-0.05, 0) is 29.8 Å². The molecule has 1 aliphatic heterocycles. The number of likely N-dealkylation sites (N-methyl/N-ethyl adjacent to an activating group) is 1. The van der Waals surface area contributed by atoms with E-state index in [0.717, 1.165) is 16.8 Å². The fourth-order valence-corrected chi connectivity index (χ4v) is 3.05. The Kier molecular flexibility index (Phi) is 5.73. The molecule has 0 aliphatic carbocycles. The van der Waals surface area contributed by atoms with E-state index in [1.165, 1.54) is 29.0 Å². The molecule has 0 aromatic heterocycles. The fourth-order valence-electron chi connectivity index (χ4n) is 3.05. The van der Waals surface area contributed by atoms with Crippen LogP contribution in [0.2, 0.25) is 0 Å². The van der Waals surface area contributed by atoms with Crippen molar-refractivity contribution in [2.45, 2.75) is 19.4 Å². The number of benzene rings is 2. The summed E-state index contributed by atoms with van der Waals surface area (Å²) in [5, 5.41) is 5.93. The van der Waals surface area contributed by atoms with Crippen LogP contribution in [0.4, 0.5) is 4.39 Å². The summed E-state index contributed by atoms with van der Waals surface area (Å²) in [4.78, 5) is 25.7. The number of ether oxygens (including phenoxy) is 1. The summed E-state index contributed by atoms with van der Waals surface area (Å²) in [5.41, 5.74) is 2.36. The molecular formula is C21H22FN3O3. The number of amides is 2. The van der Waals surface area contributed by atoms with Crippen molar-refractivity contribution in [2.24, 2.45) is 5.10 Å². The molecule has 28 heavy (non-hydrogen) atoms. The number of hydrogen-bond donors (Lipinski definition) is 0. The largest absolute Gasteiger partial charge is 0.497 e. The van der Waals surface area contributed by atoms with E-state index < -0.39 is 0 Å². The average molecular weight is 383 g/mol. The highest BCUT2D eigenvalue weighted by Crippen LogP contribution is 2.33. The summed E-state index contributed by atoms with van der Waals surface area (Å²) in [5.74, 6) is -0.155. The molecule has 146 valence electrons. The highest BCUT2D eigenvalue weighted by atomic mass is 19.1. The van der Waals surface area contributed by atoms with Crippen molar-refractivity contribution in [3.8, 4) is 5.75 Å². The molecule has 1 unspecified atom stereocenters. The van der Waals surface area contributed by atoms with Crippen molar-refractivity contribution in [1.82, 2.24) is 9.91 Å². The van der Waals surface area contributed by atoms with Gasteiger partial charge in [0.05, 0.1) is 18.9 Å². The highest BCUT2D eigenvalue weighted by molar-refractivity contribution is 6.03. The summed E-state index contributed by atoms with van der Waals surface area (Å²) < 4.78 is 18.6. The monoisotopic (exact) mass is 383 g/mol. The van der Waals surface area contributed by atoms with E-state index in [9.17, 15) is 14.0 Å². The predicted octanol–water partition coefficient (Wildman–Crippen LogP) is 2.99. The SMILES string of the molecule is COc1cccc(C2=NN(C(=O)CN(C)C(C)=O)C(c3ccc(F)cc3)C2)c1. The van der Waals surface area contributed by atoms with E-state index in [0.29, 0.717) is 12.2 Å². The first-order valence-corrected chi connectivity index (χ1v) is 8.90. The Bertz CT molecular complexity index is 911. The van der Waals surface area contributed by atoms with E-state index in [-0.39, 0.29) is 30.2 Å². The molecule has 2 amide bonds. The third kappa shape index (κ3) is 4.19. The van der Waals surface area contributed by atoms with Gasteiger partial charge >= 0.3 is 0 Å². The van der Waals surface area contributed by atoms with Gasteiger partial charge < -0.3 is 9.64 Å². The Hall–Kier alpha value is -3.22. The van der Waals surface area contributed by atoms with E-state index in [1.807, 2.05) is 24.3 Å². The maximum absolute atomic E-state index is 13.3. The van der Waals surface area contributed by atoms with Gasteiger partial charge in [-0.3, -0.25) is 9.59 Å². The van der Waals surface area contributed by atoms with Crippen LogP contribution in [0.25, 0.3) is 0 Å². The van der Waals surface area contributed by atoms with Crippen LogP contribution in [0.1, 0.15) is 30.5 Å². The quantitative estimate of drug-likeness (QED) is 0.797. The van der Waals surface area contributed by atoms with Crippen molar-refractivity contribution in [3.05, 3.63) is 65.5 Å². The van der Waals surface area contributed by atoms with Crippen LogP contribution in [0, 0.1) is 5.82 Å². The molecule has 2 aromatic carbocycles. The zero-order valence-corrected chi connectivity index (χ0v) is 16.1. The van der Waals surface area contributed by atoms with Gasteiger partial charge in [0.2, 0.25) is 5.91 Å². The minimum Gasteiger partial charge on any atom is -0.497 e. The van der Waals surface area contributed by atoms with Crippen LogP contribution in [0.5, 0.6) is 5.75 Å². The molecule has 1 atom stereocenters. The van der Waals surface area contributed by atoms with Gasteiger partial charge in [0.25, 0.3) is 5.91 Å². The van der Waals surface area contributed by atoms with Crippen molar-refractivity contribution in [3.63, 3.8) is 0 Å². The van der Waals surface area contributed by atoms with E-state index in [2.05, 4.69) is 5.10 Å². The topological polar surface area (TPSA) is 62.2 Å². The van der Waals surface area contributed by atoms with Crippen molar-refractivity contribution >= 4 is 17.5 Å². The first-order valence-electron chi connectivity index (χ1n) is 8.90. The summed E-state index contributed by atoms with van der Waals surface area (Å²) in [6.07, 6.45) is 0.480. The number of carbonyl (C=O) groups excluding carboxylic acids is 2. The van der Waals surface area contributed by atoms with Crippen LogP contribution < -0.4 is 4.74 Å². The zero-order chi connectivity index (χ0) is 20.3. The fraction of sp³-hybridized carbons (Fsp3) is 0.286. The normalized spacial score (nSPS) is 15.9. The van der Waals surface area contributed by atoms with E-state index in [1.54, 1.807) is 26.3 Å². The molecule has 0 saturated carbocycles. The zero-order valence-electron chi connectivity index (χ0n) is 16.1. The summed E-state index contributed by atoms with van der Waals surface area (Å²) >= 11 is 0. The van der Waals surface area contributed by atoms with Gasteiger partial charge in [-0.15, -0.1) is 0 Å². The highest BCUT2D eigenvalue weighted by Gasteiger charge is 2.33. The summed E-state index contributed by atoms with van der Waals surface area (Å²) in [6, 6.07) is 13.1. The predicted molar refractivity (Wildman–Crippen MR) is 103 cm³/mol. The van der Waals surface area contributed by atoms with Gasteiger partial charge in [0.15, 0.2) is 0 Å². The molecule has 7 heteroatoms. The maximum Gasteiger partial charge on any atom is 0.262 e. The lowest BCUT2D eigenvalue weighted by Gasteiger charge is -2.24. The van der Waals surface area contributed by atoms with Crippen LogP contribution in [0.3, 0.4) is 0 Å². The van der Waals surface area contributed by atoms with Crippen LogP contribution >= 0.6 is 0 Å². The number of rotatable bonds is 5. The van der Waals surface area contributed by atoms with Crippen molar-refractivity contribution in [1.29, 1.82) is 0 Å². The second-order valence-corrected chi connectivity index (χ2v) is 6.66. The van der Waals surface area contributed by atoms with Crippen LogP contribution in [0.15, 0.2) is 53.6 Å². The van der Waals surface area contributed by atoms with E-state index >= 15 is 0 Å². The molecule has 0 spiro atoms. The molecule has 0 radical (unpaired) electrons. The first kappa shape index (κ1) is 19.5. The van der Waals surface area contributed by atoms with Crippen LogP contribution in [-0.2, 0) is 9.59 Å². The second kappa shape index (κ2) is 8.21. The lowest BCUT2D eigenvalue weighted by atomic mass is 9.98. The van der Waals surface area contributed by atoms with Gasteiger partial charge in [-0.1, -0.05) is 24.3 Å². The van der Waals surface area contributed by atoms with E-state index in [4.69, 9.17) is 4.74 Å². The Morgan fingerprint density at radius 1 is 1.25 bits per heavy atom. The smallest absolute Gasteiger partial charge is 0.262 e. The maximum atomic E-state index is 13.3. The Morgan fingerprint density at radius 3 is 2.61 bits per heavy atom. The molecule has 0 N–H and O–H groups in total. The molecule has 1 aliphatic rings. The van der Waals surface area contributed by atoms with Crippen molar-refractivity contribution < 1.29 is 18.7 Å².